The highest BCUT2D eigenvalue weighted by Crippen LogP contribution is 2.01. The SMILES string of the molecule is CN(/C=C\C(=O)NC=O)CCC(CN)CO. The molecule has 0 aromatic heterocycles. The van der Waals surface area contributed by atoms with Crippen molar-refractivity contribution in [2.75, 3.05) is 26.7 Å². The monoisotopic (exact) mass is 229 g/mol. The maximum Gasteiger partial charge on any atom is 0.251 e. The van der Waals surface area contributed by atoms with E-state index in [4.69, 9.17) is 10.8 Å². The van der Waals surface area contributed by atoms with Crippen LogP contribution in [0, 0.1) is 5.92 Å². The van der Waals surface area contributed by atoms with Gasteiger partial charge in [0.15, 0.2) is 0 Å². The summed E-state index contributed by atoms with van der Waals surface area (Å²) in [4.78, 5) is 22.6. The predicted molar refractivity (Wildman–Crippen MR) is 60.2 cm³/mol. The number of imide groups is 1. The minimum Gasteiger partial charge on any atom is -0.396 e. The molecule has 0 heterocycles. The first kappa shape index (κ1) is 14.6. The van der Waals surface area contributed by atoms with Crippen molar-refractivity contribution in [3.63, 3.8) is 0 Å². The third-order valence-electron chi connectivity index (χ3n) is 2.16. The zero-order chi connectivity index (χ0) is 12.4. The topological polar surface area (TPSA) is 95.7 Å². The summed E-state index contributed by atoms with van der Waals surface area (Å²) < 4.78 is 0. The van der Waals surface area contributed by atoms with Crippen LogP contribution >= 0.6 is 0 Å². The predicted octanol–water partition coefficient (Wildman–Crippen LogP) is -1.34. The lowest BCUT2D eigenvalue weighted by molar-refractivity contribution is -0.121. The van der Waals surface area contributed by atoms with Crippen LogP contribution in [0.5, 0.6) is 0 Å². The van der Waals surface area contributed by atoms with E-state index in [0.717, 1.165) is 6.42 Å². The van der Waals surface area contributed by atoms with Crippen LogP contribution in [-0.4, -0.2) is 49.1 Å². The normalized spacial score (nSPS) is 12.4. The molecular weight excluding hydrogens is 210 g/mol. The summed E-state index contributed by atoms with van der Waals surface area (Å²) in [5.41, 5.74) is 5.43. The molecule has 4 N–H and O–H groups in total. The smallest absolute Gasteiger partial charge is 0.251 e. The Labute approximate surface area is 95.1 Å². The molecule has 0 rings (SSSR count). The largest absolute Gasteiger partial charge is 0.396 e. The van der Waals surface area contributed by atoms with Gasteiger partial charge in [-0.25, -0.2) is 0 Å². The van der Waals surface area contributed by atoms with Gasteiger partial charge < -0.3 is 15.7 Å². The first-order valence-corrected chi connectivity index (χ1v) is 5.07. The molecule has 0 aromatic rings. The average Bonchev–Trinajstić information content (AvgIpc) is 2.28. The van der Waals surface area contributed by atoms with Gasteiger partial charge in [-0.1, -0.05) is 0 Å². The fourth-order valence-corrected chi connectivity index (χ4v) is 1.05. The van der Waals surface area contributed by atoms with Gasteiger partial charge in [0.2, 0.25) is 6.41 Å². The van der Waals surface area contributed by atoms with Crippen molar-refractivity contribution >= 4 is 12.3 Å². The van der Waals surface area contributed by atoms with Crippen molar-refractivity contribution in [1.82, 2.24) is 10.2 Å². The maximum atomic E-state index is 10.9. The Kier molecular flexibility index (Phi) is 8.10. The molecule has 0 radical (unpaired) electrons. The third-order valence-corrected chi connectivity index (χ3v) is 2.16. The molecule has 1 unspecified atom stereocenters. The zero-order valence-electron chi connectivity index (χ0n) is 9.43. The first-order valence-electron chi connectivity index (χ1n) is 5.07. The number of rotatable bonds is 8. The van der Waals surface area contributed by atoms with E-state index in [1.165, 1.54) is 6.08 Å². The Morgan fingerprint density at radius 3 is 2.81 bits per heavy atom. The van der Waals surface area contributed by atoms with Crippen LogP contribution < -0.4 is 11.1 Å². The van der Waals surface area contributed by atoms with Gasteiger partial charge in [0, 0.05) is 32.5 Å². The molecule has 2 amide bonds. The summed E-state index contributed by atoms with van der Waals surface area (Å²) >= 11 is 0. The van der Waals surface area contributed by atoms with Crippen LogP contribution in [-0.2, 0) is 9.59 Å². The van der Waals surface area contributed by atoms with E-state index in [2.05, 4.69) is 0 Å². The number of hydrogen-bond acceptors (Lipinski definition) is 5. The summed E-state index contributed by atoms with van der Waals surface area (Å²) in [7, 11) is 1.80. The third kappa shape index (κ3) is 6.97. The molecule has 0 aliphatic rings. The highest BCUT2D eigenvalue weighted by atomic mass is 16.3. The van der Waals surface area contributed by atoms with E-state index in [0.29, 0.717) is 19.5 Å². The van der Waals surface area contributed by atoms with Gasteiger partial charge >= 0.3 is 0 Å². The molecule has 16 heavy (non-hydrogen) atoms. The van der Waals surface area contributed by atoms with Gasteiger partial charge in [-0.3, -0.25) is 14.9 Å². The molecular formula is C10H19N3O3. The molecule has 6 heteroatoms. The van der Waals surface area contributed by atoms with Crippen LogP contribution in [0.25, 0.3) is 0 Å². The Morgan fingerprint density at radius 2 is 2.31 bits per heavy atom. The number of aliphatic hydroxyl groups excluding tert-OH is 1. The number of nitrogens with zero attached hydrogens (tertiary/aromatic N) is 1. The lowest BCUT2D eigenvalue weighted by Crippen LogP contribution is -2.24. The number of nitrogens with one attached hydrogen (secondary N) is 1. The number of amides is 2. The van der Waals surface area contributed by atoms with Crippen molar-refractivity contribution in [3.8, 4) is 0 Å². The van der Waals surface area contributed by atoms with E-state index in [1.807, 2.05) is 5.32 Å². The lowest BCUT2D eigenvalue weighted by Gasteiger charge is -2.17. The van der Waals surface area contributed by atoms with Crippen LogP contribution in [0.1, 0.15) is 6.42 Å². The van der Waals surface area contributed by atoms with E-state index in [9.17, 15) is 9.59 Å². The van der Waals surface area contributed by atoms with Crippen molar-refractivity contribution < 1.29 is 14.7 Å². The van der Waals surface area contributed by atoms with Gasteiger partial charge in [-0.2, -0.15) is 0 Å². The summed E-state index contributed by atoms with van der Waals surface area (Å²) in [6.45, 7) is 1.20. The molecule has 0 spiro atoms. The molecule has 0 saturated carbocycles. The van der Waals surface area contributed by atoms with Gasteiger partial charge in [-0.05, 0) is 18.9 Å². The van der Waals surface area contributed by atoms with Crippen LogP contribution in [0.15, 0.2) is 12.3 Å². The molecule has 0 fully saturated rings. The lowest BCUT2D eigenvalue weighted by atomic mass is 10.1. The molecule has 0 saturated heterocycles. The number of hydrogen-bond donors (Lipinski definition) is 3. The van der Waals surface area contributed by atoms with Crippen LogP contribution in [0.3, 0.4) is 0 Å². The van der Waals surface area contributed by atoms with Crippen LogP contribution in [0.4, 0.5) is 0 Å². The van der Waals surface area contributed by atoms with E-state index in [1.54, 1.807) is 18.1 Å². The van der Waals surface area contributed by atoms with Crippen LogP contribution in [0.2, 0.25) is 0 Å². The quantitative estimate of drug-likeness (QED) is 0.354. The van der Waals surface area contributed by atoms with E-state index < -0.39 is 5.91 Å². The standard InChI is InChI=1S/C10H19N3O3/c1-13(4-2-9(6-11)7-14)5-3-10(16)12-8-15/h3,5,8-9,14H,2,4,6-7,11H2,1H3,(H,12,15,16)/b5-3-. The first-order chi connectivity index (χ1) is 7.63. The zero-order valence-corrected chi connectivity index (χ0v) is 9.43. The Balaban J connectivity index is 3.84. The number of nitrogens with two attached hydrogens (primary N) is 1. The van der Waals surface area contributed by atoms with Crippen molar-refractivity contribution in [2.24, 2.45) is 11.7 Å². The minimum atomic E-state index is -0.459. The second-order valence-electron chi connectivity index (χ2n) is 3.50. The fourth-order valence-electron chi connectivity index (χ4n) is 1.05. The molecule has 0 bridgehead atoms. The Morgan fingerprint density at radius 1 is 1.62 bits per heavy atom. The van der Waals surface area contributed by atoms with Crippen molar-refractivity contribution in [1.29, 1.82) is 0 Å². The molecule has 0 aliphatic carbocycles. The number of carbonyl (C=O) groups is 2. The average molecular weight is 229 g/mol. The highest BCUT2D eigenvalue weighted by molar-refractivity contribution is 5.94. The molecule has 0 aromatic carbocycles. The van der Waals surface area contributed by atoms with Gasteiger partial charge in [-0.15, -0.1) is 0 Å². The van der Waals surface area contributed by atoms with Crippen molar-refractivity contribution in [3.05, 3.63) is 12.3 Å². The second-order valence-corrected chi connectivity index (χ2v) is 3.50. The molecule has 92 valence electrons. The summed E-state index contributed by atoms with van der Waals surface area (Å²) in [5.74, 6) is -0.376. The summed E-state index contributed by atoms with van der Waals surface area (Å²) in [6, 6.07) is 0. The van der Waals surface area contributed by atoms with E-state index in [-0.39, 0.29) is 12.5 Å². The maximum absolute atomic E-state index is 10.9. The molecule has 6 nitrogen and oxygen atoms in total. The minimum absolute atomic E-state index is 0.0691. The molecule has 0 aliphatic heterocycles. The molecule has 1 atom stereocenters. The summed E-state index contributed by atoms with van der Waals surface area (Å²) in [6.07, 6.45) is 3.93. The fraction of sp³-hybridized carbons (Fsp3) is 0.600. The Bertz CT molecular complexity index is 239. The number of aliphatic hydroxyl groups is 1. The number of carbonyl (C=O) groups excluding carboxylic acids is 2. The van der Waals surface area contributed by atoms with Crippen molar-refractivity contribution in [2.45, 2.75) is 6.42 Å². The summed E-state index contributed by atoms with van der Waals surface area (Å²) in [5, 5.41) is 10.9. The van der Waals surface area contributed by atoms with Gasteiger partial charge in [0.1, 0.15) is 0 Å². The van der Waals surface area contributed by atoms with E-state index >= 15 is 0 Å². The van der Waals surface area contributed by atoms with Gasteiger partial charge in [0.25, 0.3) is 5.91 Å². The highest BCUT2D eigenvalue weighted by Gasteiger charge is 2.05. The Hall–Kier alpha value is -1.40. The van der Waals surface area contributed by atoms with Gasteiger partial charge in [0.05, 0.1) is 0 Å². The second kappa shape index (κ2) is 8.87.